The average molecular weight is 321 g/mol. The van der Waals surface area contributed by atoms with Gasteiger partial charge in [-0.1, -0.05) is 34.1 Å². The molecule has 5 heteroatoms. The number of hydrogen-bond acceptors (Lipinski definition) is 4. The van der Waals surface area contributed by atoms with Crippen LogP contribution in [0.3, 0.4) is 0 Å². The number of nitrogens with zero attached hydrogens (tertiary/aromatic N) is 3. The third-order valence-corrected chi connectivity index (χ3v) is 3.71. The van der Waals surface area contributed by atoms with Gasteiger partial charge < -0.3 is 10.6 Å². The number of benzene rings is 1. The van der Waals surface area contributed by atoms with Gasteiger partial charge in [-0.2, -0.15) is 4.98 Å². The summed E-state index contributed by atoms with van der Waals surface area (Å²) >= 11 is 3.52. The number of halogens is 1. The molecule has 2 aromatic rings. The second kappa shape index (κ2) is 6.02. The Morgan fingerprint density at radius 1 is 1.16 bits per heavy atom. The van der Waals surface area contributed by atoms with Crippen LogP contribution in [0.5, 0.6) is 0 Å². The van der Waals surface area contributed by atoms with Crippen LogP contribution in [0.1, 0.15) is 13.8 Å². The minimum absolute atomic E-state index is 0.504. The zero-order valence-corrected chi connectivity index (χ0v) is 12.7. The zero-order valence-electron chi connectivity index (χ0n) is 11.1. The van der Waals surface area contributed by atoms with Gasteiger partial charge >= 0.3 is 0 Å². The van der Waals surface area contributed by atoms with Crippen LogP contribution < -0.4 is 10.6 Å². The number of anilines is 2. The smallest absolute Gasteiger partial charge is 0.227 e. The minimum atomic E-state index is 0.504. The third-order valence-electron chi connectivity index (χ3n) is 3.02. The van der Waals surface area contributed by atoms with Crippen LogP contribution in [0.25, 0.3) is 11.1 Å². The van der Waals surface area contributed by atoms with Crippen LogP contribution in [0.4, 0.5) is 11.8 Å². The summed E-state index contributed by atoms with van der Waals surface area (Å²) in [7, 11) is 0. The number of rotatable bonds is 4. The van der Waals surface area contributed by atoms with Gasteiger partial charge in [0.05, 0.1) is 0 Å². The maximum absolute atomic E-state index is 6.07. The van der Waals surface area contributed by atoms with Crippen LogP contribution in [0.15, 0.2) is 34.9 Å². The quantitative estimate of drug-likeness (QED) is 0.938. The van der Waals surface area contributed by atoms with E-state index in [0.29, 0.717) is 11.8 Å². The van der Waals surface area contributed by atoms with E-state index < -0.39 is 0 Å². The second-order valence-corrected chi connectivity index (χ2v) is 4.98. The van der Waals surface area contributed by atoms with E-state index in [-0.39, 0.29) is 0 Å². The third kappa shape index (κ3) is 2.87. The number of aromatic nitrogens is 2. The molecule has 0 aliphatic heterocycles. The van der Waals surface area contributed by atoms with Gasteiger partial charge in [0.15, 0.2) is 0 Å². The molecule has 0 saturated heterocycles. The Morgan fingerprint density at radius 3 is 2.42 bits per heavy atom. The first kappa shape index (κ1) is 13.8. The topological polar surface area (TPSA) is 55.0 Å². The predicted octanol–water partition coefficient (Wildman–Crippen LogP) is 3.33. The summed E-state index contributed by atoms with van der Waals surface area (Å²) in [5.74, 6) is 1.18. The van der Waals surface area contributed by atoms with Crippen molar-refractivity contribution in [2.45, 2.75) is 13.8 Å². The number of hydrogen-bond donors (Lipinski definition) is 1. The van der Waals surface area contributed by atoms with E-state index in [2.05, 4.69) is 44.6 Å². The molecule has 2 rings (SSSR count). The lowest BCUT2D eigenvalue weighted by Gasteiger charge is -2.19. The highest BCUT2D eigenvalue weighted by Crippen LogP contribution is 2.31. The van der Waals surface area contributed by atoms with Gasteiger partial charge in [0.2, 0.25) is 5.95 Å². The lowest BCUT2D eigenvalue weighted by Crippen LogP contribution is -2.24. The average Bonchev–Trinajstić information content (AvgIpc) is 2.41. The molecule has 0 bridgehead atoms. The molecule has 100 valence electrons. The van der Waals surface area contributed by atoms with Crippen LogP contribution in [-0.2, 0) is 0 Å². The van der Waals surface area contributed by atoms with Crippen LogP contribution in [0.2, 0.25) is 0 Å². The normalized spacial score (nSPS) is 10.5. The highest BCUT2D eigenvalue weighted by Gasteiger charge is 2.11. The summed E-state index contributed by atoms with van der Waals surface area (Å²) in [6, 6.07) is 7.91. The Labute approximate surface area is 121 Å². The summed E-state index contributed by atoms with van der Waals surface area (Å²) in [6.07, 6.45) is 1.79. The summed E-state index contributed by atoms with van der Waals surface area (Å²) in [6.45, 7) is 5.88. The van der Waals surface area contributed by atoms with Crippen molar-refractivity contribution in [3.8, 4) is 11.1 Å². The second-order valence-electron chi connectivity index (χ2n) is 4.12. The summed E-state index contributed by atoms with van der Waals surface area (Å²) < 4.78 is 0.987. The summed E-state index contributed by atoms with van der Waals surface area (Å²) in [5.41, 5.74) is 7.93. The highest BCUT2D eigenvalue weighted by molar-refractivity contribution is 9.10. The molecule has 2 N–H and O–H groups in total. The van der Waals surface area contributed by atoms with Gasteiger partial charge in [-0.05, 0) is 19.9 Å². The van der Waals surface area contributed by atoms with Crippen LogP contribution in [0, 0.1) is 0 Å². The monoisotopic (exact) mass is 320 g/mol. The molecule has 0 spiro atoms. The summed E-state index contributed by atoms with van der Waals surface area (Å²) in [5, 5.41) is 0. The van der Waals surface area contributed by atoms with Gasteiger partial charge in [0, 0.05) is 34.9 Å². The van der Waals surface area contributed by atoms with Gasteiger partial charge in [-0.3, -0.25) is 0 Å². The molecule has 0 radical (unpaired) electrons. The van der Waals surface area contributed by atoms with E-state index in [1.807, 2.05) is 24.3 Å². The van der Waals surface area contributed by atoms with Crippen molar-refractivity contribution in [3.63, 3.8) is 0 Å². The Bertz CT molecular complexity index is 567. The SMILES string of the molecule is CCN(CC)c1ncc(-c2ccccc2Br)c(N)n1. The largest absolute Gasteiger partial charge is 0.383 e. The van der Waals surface area contributed by atoms with E-state index in [4.69, 9.17) is 5.73 Å². The molecular weight excluding hydrogens is 304 g/mol. The molecule has 0 saturated carbocycles. The summed E-state index contributed by atoms with van der Waals surface area (Å²) in [4.78, 5) is 10.9. The van der Waals surface area contributed by atoms with Crippen LogP contribution >= 0.6 is 15.9 Å². The molecule has 0 amide bonds. The zero-order chi connectivity index (χ0) is 13.8. The van der Waals surface area contributed by atoms with E-state index in [9.17, 15) is 0 Å². The maximum atomic E-state index is 6.07. The highest BCUT2D eigenvalue weighted by atomic mass is 79.9. The van der Waals surface area contributed by atoms with E-state index in [1.165, 1.54) is 0 Å². The van der Waals surface area contributed by atoms with Gasteiger partial charge in [-0.25, -0.2) is 4.98 Å². The fourth-order valence-electron chi connectivity index (χ4n) is 1.93. The fraction of sp³-hybridized carbons (Fsp3) is 0.286. The molecule has 0 aliphatic carbocycles. The van der Waals surface area contributed by atoms with Crippen molar-refractivity contribution in [1.29, 1.82) is 0 Å². The Balaban J connectivity index is 2.43. The fourth-order valence-corrected chi connectivity index (χ4v) is 2.43. The molecule has 0 aliphatic rings. The number of nitrogen functional groups attached to an aromatic ring is 1. The molecule has 0 unspecified atom stereocenters. The van der Waals surface area contributed by atoms with Gasteiger partial charge in [0.1, 0.15) is 5.82 Å². The minimum Gasteiger partial charge on any atom is -0.383 e. The lowest BCUT2D eigenvalue weighted by atomic mass is 10.1. The molecule has 19 heavy (non-hydrogen) atoms. The predicted molar refractivity (Wildman–Crippen MR) is 83.1 cm³/mol. The first-order chi connectivity index (χ1) is 9.17. The Morgan fingerprint density at radius 2 is 1.84 bits per heavy atom. The molecular formula is C14H17BrN4. The standard InChI is InChI=1S/C14H17BrN4/c1-3-19(4-2)14-17-9-11(13(16)18-14)10-7-5-6-8-12(10)15/h5-9H,3-4H2,1-2H3,(H2,16,17,18). The molecule has 0 atom stereocenters. The first-order valence-corrected chi connectivity index (χ1v) is 7.09. The van der Waals surface area contributed by atoms with E-state index >= 15 is 0 Å². The first-order valence-electron chi connectivity index (χ1n) is 6.29. The van der Waals surface area contributed by atoms with Gasteiger partial charge in [-0.15, -0.1) is 0 Å². The molecule has 1 heterocycles. The molecule has 1 aromatic heterocycles. The van der Waals surface area contributed by atoms with Crippen molar-refractivity contribution in [3.05, 3.63) is 34.9 Å². The van der Waals surface area contributed by atoms with E-state index in [1.54, 1.807) is 6.20 Å². The van der Waals surface area contributed by atoms with Crippen molar-refractivity contribution in [2.24, 2.45) is 0 Å². The molecule has 0 fully saturated rings. The van der Waals surface area contributed by atoms with Crippen molar-refractivity contribution in [2.75, 3.05) is 23.7 Å². The van der Waals surface area contributed by atoms with Crippen LogP contribution in [-0.4, -0.2) is 23.1 Å². The van der Waals surface area contributed by atoms with Crippen molar-refractivity contribution in [1.82, 2.24) is 9.97 Å². The van der Waals surface area contributed by atoms with Crippen molar-refractivity contribution >= 4 is 27.7 Å². The van der Waals surface area contributed by atoms with E-state index in [0.717, 1.165) is 28.7 Å². The maximum Gasteiger partial charge on any atom is 0.227 e. The molecule has 1 aromatic carbocycles. The lowest BCUT2D eigenvalue weighted by molar-refractivity contribution is 0.823. The van der Waals surface area contributed by atoms with Crippen molar-refractivity contribution < 1.29 is 0 Å². The Kier molecular flexibility index (Phi) is 4.37. The number of nitrogens with two attached hydrogens (primary N) is 1. The van der Waals surface area contributed by atoms with Gasteiger partial charge in [0.25, 0.3) is 0 Å². The molecule has 4 nitrogen and oxygen atoms in total. The Hall–Kier alpha value is -1.62.